The summed E-state index contributed by atoms with van der Waals surface area (Å²) in [5.74, 6) is -1.05. The van der Waals surface area contributed by atoms with Crippen LogP contribution in [0.3, 0.4) is 0 Å². The monoisotopic (exact) mass is 387 g/mol. The summed E-state index contributed by atoms with van der Waals surface area (Å²) in [6.07, 6.45) is -10.1. The second-order valence-corrected chi connectivity index (χ2v) is 4.05. The van der Waals surface area contributed by atoms with Crippen molar-refractivity contribution in [3.63, 3.8) is 0 Å². The van der Waals surface area contributed by atoms with Crippen LogP contribution in [0, 0.1) is 3.57 Å². The van der Waals surface area contributed by atoms with Crippen LogP contribution in [0.1, 0.15) is 11.4 Å². The van der Waals surface area contributed by atoms with Crippen LogP contribution in [0.25, 0.3) is 0 Å². The predicted octanol–water partition coefficient (Wildman–Crippen LogP) is 3.10. The van der Waals surface area contributed by atoms with E-state index in [4.69, 9.17) is 5.11 Å². The minimum atomic E-state index is -5.13. The molecule has 0 amide bonds. The third-order valence-electron chi connectivity index (χ3n) is 1.66. The van der Waals surface area contributed by atoms with Crippen LogP contribution in [0.5, 0.6) is 5.75 Å². The summed E-state index contributed by atoms with van der Waals surface area (Å²) >= 11 is 1.31. The van der Waals surface area contributed by atoms with Crippen molar-refractivity contribution >= 4 is 22.6 Å². The van der Waals surface area contributed by atoms with Gasteiger partial charge in [-0.15, -0.1) is 13.2 Å². The van der Waals surface area contributed by atoms with Gasteiger partial charge in [0.25, 0.3) is 0 Å². The van der Waals surface area contributed by atoms with Gasteiger partial charge in [-0.05, 0) is 22.6 Å². The minimum Gasteiger partial charge on any atom is -0.405 e. The van der Waals surface area contributed by atoms with Gasteiger partial charge in [-0.2, -0.15) is 13.2 Å². The van der Waals surface area contributed by atoms with Gasteiger partial charge in [-0.1, -0.05) is 0 Å². The summed E-state index contributed by atoms with van der Waals surface area (Å²) in [6.45, 7) is -0.934. The number of aliphatic hydroxyl groups is 1. The molecule has 0 atom stereocenters. The van der Waals surface area contributed by atoms with Crippen molar-refractivity contribution < 1.29 is 36.2 Å². The Hall–Kier alpha value is -0.780. The molecule has 102 valence electrons. The molecule has 3 nitrogen and oxygen atoms in total. The number of ether oxygens (including phenoxy) is 1. The number of halogens is 7. The number of hydrogen-bond donors (Lipinski definition) is 1. The van der Waals surface area contributed by atoms with E-state index >= 15 is 0 Å². The smallest absolute Gasteiger partial charge is 0.405 e. The second-order valence-electron chi connectivity index (χ2n) is 2.97. The molecule has 0 aliphatic heterocycles. The SMILES string of the molecule is OCc1nc(C(F)(F)F)cc(OC(F)(F)F)c1I. The van der Waals surface area contributed by atoms with Gasteiger partial charge < -0.3 is 9.84 Å². The molecule has 0 saturated heterocycles. The Bertz CT molecular complexity index is 444. The molecule has 0 spiro atoms. The van der Waals surface area contributed by atoms with E-state index in [2.05, 4.69) is 9.72 Å². The summed E-state index contributed by atoms with van der Waals surface area (Å²) < 4.78 is 76.2. The van der Waals surface area contributed by atoms with Gasteiger partial charge >= 0.3 is 12.5 Å². The summed E-state index contributed by atoms with van der Waals surface area (Å²) in [5, 5.41) is 8.76. The van der Waals surface area contributed by atoms with E-state index in [9.17, 15) is 26.3 Å². The van der Waals surface area contributed by atoms with Crippen LogP contribution >= 0.6 is 22.6 Å². The topological polar surface area (TPSA) is 42.4 Å². The Morgan fingerprint density at radius 2 is 1.78 bits per heavy atom. The molecule has 1 aromatic rings. The van der Waals surface area contributed by atoms with Crippen LogP contribution in [-0.4, -0.2) is 16.5 Å². The maximum Gasteiger partial charge on any atom is 0.573 e. The Labute approximate surface area is 110 Å². The molecule has 10 heteroatoms. The van der Waals surface area contributed by atoms with E-state index in [1.54, 1.807) is 0 Å². The third kappa shape index (κ3) is 3.86. The van der Waals surface area contributed by atoms with Crippen molar-refractivity contribution in [2.45, 2.75) is 19.1 Å². The average molecular weight is 387 g/mol. The van der Waals surface area contributed by atoms with E-state index in [1.807, 2.05) is 0 Å². The zero-order valence-corrected chi connectivity index (χ0v) is 10.4. The number of rotatable bonds is 2. The molecule has 1 rings (SSSR count). The maximum absolute atomic E-state index is 12.4. The zero-order valence-electron chi connectivity index (χ0n) is 8.23. The predicted molar refractivity (Wildman–Crippen MR) is 54.6 cm³/mol. The second kappa shape index (κ2) is 5.07. The zero-order chi connectivity index (χ0) is 14.1. The first kappa shape index (κ1) is 15.3. The highest BCUT2D eigenvalue weighted by Crippen LogP contribution is 2.35. The molecule has 1 N–H and O–H groups in total. The van der Waals surface area contributed by atoms with Crippen LogP contribution in [0.2, 0.25) is 0 Å². The minimum absolute atomic E-state index is 0.133. The third-order valence-corrected chi connectivity index (χ3v) is 2.81. The summed E-state index contributed by atoms with van der Waals surface area (Å²) in [5.41, 5.74) is -2.10. The van der Waals surface area contributed by atoms with Gasteiger partial charge in [0.05, 0.1) is 15.9 Å². The van der Waals surface area contributed by atoms with E-state index in [0.717, 1.165) is 0 Å². The largest absolute Gasteiger partial charge is 0.573 e. The molecule has 0 radical (unpaired) electrons. The van der Waals surface area contributed by atoms with Crippen LogP contribution in [-0.2, 0) is 12.8 Å². The van der Waals surface area contributed by atoms with E-state index < -0.39 is 36.3 Å². The van der Waals surface area contributed by atoms with Gasteiger partial charge in [0.1, 0.15) is 11.4 Å². The first-order valence-electron chi connectivity index (χ1n) is 4.18. The van der Waals surface area contributed by atoms with Crippen molar-refractivity contribution in [2.75, 3.05) is 0 Å². The number of aliphatic hydroxyl groups excluding tert-OH is 1. The Kier molecular flexibility index (Phi) is 4.30. The lowest BCUT2D eigenvalue weighted by Crippen LogP contribution is -2.20. The van der Waals surface area contributed by atoms with Crippen molar-refractivity contribution in [2.24, 2.45) is 0 Å². The van der Waals surface area contributed by atoms with E-state index in [1.165, 1.54) is 22.6 Å². The number of aromatic nitrogens is 1. The van der Waals surface area contributed by atoms with Gasteiger partial charge in [-0.3, -0.25) is 0 Å². The molecule has 0 bridgehead atoms. The summed E-state index contributed by atoms with van der Waals surface area (Å²) in [7, 11) is 0. The molecule has 1 heterocycles. The molecule has 0 aliphatic carbocycles. The number of pyridine rings is 1. The summed E-state index contributed by atoms with van der Waals surface area (Å²) in [6, 6.07) is 0.133. The lowest BCUT2D eigenvalue weighted by molar-refractivity contribution is -0.275. The molecule has 0 saturated carbocycles. The van der Waals surface area contributed by atoms with E-state index in [-0.39, 0.29) is 9.64 Å². The number of nitrogens with zero attached hydrogens (tertiary/aromatic N) is 1. The fourth-order valence-electron chi connectivity index (χ4n) is 1.01. The normalized spacial score (nSPS) is 12.7. The van der Waals surface area contributed by atoms with Crippen molar-refractivity contribution in [3.05, 3.63) is 21.0 Å². The standard InChI is InChI=1S/C8H4F6INO2/c9-7(10,11)5-1-4(18-8(12,13)14)6(15)3(2-17)16-5/h1,17H,2H2. The summed E-state index contributed by atoms with van der Waals surface area (Å²) in [4.78, 5) is 3.02. The highest BCUT2D eigenvalue weighted by molar-refractivity contribution is 14.1. The molecule has 0 aromatic carbocycles. The molecular weight excluding hydrogens is 383 g/mol. The van der Waals surface area contributed by atoms with Crippen molar-refractivity contribution in [1.29, 1.82) is 0 Å². The van der Waals surface area contributed by atoms with Gasteiger partial charge in [-0.25, -0.2) is 4.98 Å². The fraction of sp³-hybridized carbons (Fsp3) is 0.375. The average Bonchev–Trinajstić information content (AvgIpc) is 2.17. The molecular formula is C8H4F6INO2. The Morgan fingerprint density at radius 3 is 2.17 bits per heavy atom. The van der Waals surface area contributed by atoms with Gasteiger partial charge in [0, 0.05) is 6.07 Å². The Morgan fingerprint density at radius 1 is 1.22 bits per heavy atom. The van der Waals surface area contributed by atoms with Crippen molar-refractivity contribution in [1.82, 2.24) is 4.98 Å². The fourth-order valence-corrected chi connectivity index (χ4v) is 1.56. The molecule has 0 unspecified atom stereocenters. The lowest BCUT2D eigenvalue weighted by Gasteiger charge is -2.15. The molecule has 0 fully saturated rings. The number of alkyl halides is 6. The van der Waals surface area contributed by atoms with Crippen LogP contribution in [0.15, 0.2) is 6.07 Å². The lowest BCUT2D eigenvalue weighted by atomic mass is 10.3. The number of hydrogen-bond acceptors (Lipinski definition) is 3. The quantitative estimate of drug-likeness (QED) is 0.627. The van der Waals surface area contributed by atoms with Gasteiger partial charge in [0.2, 0.25) is 0 Å². The Balaban J connectivity index is 3.32. The first-order chi connectivity index (χ1) is 8.04. The highest BCUT2D eigenvalue weighted by atomic mass is 127. The van der Waals surface area contributed by atoms with Crippen LogP contribution < -0.4 is 4.74 Å². The van der Waals surface area contributed by atoms with E-state index in [0.29, 0.717) is 0 Å². The molecule has 18 heavy (non-hydrogen) atoms. The van der Waals surface area contributed by atoms with Crippen molar-refractivity contribution in [3.8, 4) is 5.75 Å². The first-order valence-corrected chi connectivity index (χ1v) is 5.25. The maximum atomic E-state index is 12.4. The van der Waals surface area contributed by atoms with Crippen LogP contribution in [0.4, 0.5) is 26.3 Å². The van der Waals surface area contributed by atoms with Gasteiger partial charge in [0.15, 0.2) is 0 Å². The highest BCUT2D eigenvalue weighted by Gasteiger charge is 2.37. The molecule has 1 aromatic heterocycles. The molecule has 0 aliphatic rings.